The summed E-state index contributed by atoms with van der Waals surface area (Å²) in [6.07, 6.45) is 0.826. The number of nitrogens with zero attached hydrogens (tertiary/aromatic N) is 2. The Balaban J connectivity index is 2.14. The molecule has 1 saturated heterocycles. The number of anilines is 1. The lowest BCUT2D eigenvalue weighted by Crippen LogP contribution is -2.38. The van der Waals surface area contributed by atoms with E-state index < -0.39 is 17.8 Å². The van der Waals surface area contributed by atoms with Gasteiger partial charge in [-0.05, 0) is 32.1 Å². The Morgan fingerprint density at radius 1 is 1.24 bits per heavy atom. The van der Waals surface area contributed by atoms with E-state index in [2.05, 4.69) is 10.2 Å². The van der Waals surface area contributed by atoms with Crippen molar-refractivity contribution >= 4 is 17.7 Å². The van der Waals surface area contributed by atoms with Crippen LogP contribution in [0.15, 0.2) is 18.2 Å². The van der Waals surface area contributed by atoms with Crippen LogP contribution < -0.4 is 5.32 Å². The minimum Gasteiger partial charge on any atom is -0.478 e. The average Bonchev–Trinajstić information content (AvgIpc) is 2.65. The van der Waals surface area contributed by atoms with E-state index in [0.29, 0.717) is 13.1 Å². The molecule has 0 bridgehead atoms. The number of aromatic carboxylic acids is 1. The summed E-state index contributed by atoms with van der Waals surface area (Å²) in [6.45, 7) is 2.71. The van der Waals surface area contributed by atoms with Crippen LogP contribution in [0.25, 0.3) is 0 Å². The number of para-hydroxylation sites is 1. The highest BCUT2D eigenvalue weighted by Crippen LogP contribution is 2.20. The lowest BCUT2D eigenvalue weighted by atomic mass is 10.1. The first-order chi connectivity index (χ1) is 9.99. The molecule has 0 aliphatic carbocycles. The van der Waals surface area contributed by atoms with Crippen molar-refractivity contribution in [3.63, 3.8) is 0 Å². The molecule has 114 valence electrons. The second kappa shape index (κ2) is 6.53. The fraction of sp³-hybridized carbons (Fsp3) is 0.429. The number of carboxylic acids is 1. The van der Waals surface area contributed by atoms with Crippen LogP contribution in [0.2, 0.25) is 0 Å². The summed E-state index contributed by atoms with van der Waals surface area (Å²) in [5.74, 6) is -2.03. The van der Waals surface area contributed by atoms with Gasteiger partial charge in [-0.1, -0.05) is 6.07 Å². The molecule has 1 aromatic carbocycles. The van der Waals surface area contributed by atoms with Crippen LogP contribution in [-0.4, -0.2) is 60.1 Å². The number of carboxylic acid groups (broad SMARTS) is 1. The summed E-state index contributed by atoms with van der Waals surface area (Å²) in [7, 11) is 1.97. The molecule has 2 N–H and O–H groups in total. The molecule has 1 fully saturated rings. The van der Waals surface area contributed by atoms with Gasteiger partial charge in [0, 0.05) is 19.6 Å². The van der Waals surface area contributed by atoms with Gasteiger partial charge in [0.05, 0.1) is 11.3 Å². The topological polar surface area (TPSA) is 72.9 Å². The molecular formula is C14H18FN3O3. The molecule has 7 heteroatoms. The third kappa shape index (κ3) is 3.69. The number of urea groups is 1. The third-order valence-electron chi connectivity index (χ3n) is 3.48. The minimum atomic E-state index is -1.28. The molecule has 1 aliphatic rings. The normalized spacial score (nSPS) is 16.4. The van der Waals surface area contributed by atoms with Gasteiger partial charge in [0.25, 0.3) is 0 Å². The highest BCUT2D eigenvalue weighted by atomic mass is 19.1. The molecule has 21 heavy (non-hydrogen) atoms. The SMILES string of the molecule is CN1CCCN(C(=O)Nc2c(F)cccc2C(=O)O)CC1. The maximum Gasteiger partial charge on any atom is 0.337 e. The van der Waals surface area contributed by atoms with E-state index in [0.717, 1.165) is 25.6 Å². The molecule has 2 amide bonds. The van der Waals surface area contributed by atoms with Crippen molar-refractivity contribution < 1.29 is 19.1 Å². The first-order valence-corrected chi connectivity index (χ1v) is 6.75. The van der Waals surface area contributed by atoms with Gasteiger partial charge in [-0.3, -0.25) is 0 Å². The molecule has 0 aromatic heterocycles. The van der Waals surface area contributed by atoms with E-state index in [1.54, 1.807) is 4.90 Å². The molecular weight excluding hydrogens is 277 g/mol. The molecule has 1 aromatic rings. The first-order valence-electron chi connectivity index (χ1n) is 6.75. The van der Waals surface area contributed by atoms with Gasteiger partial charge in [0.15, 0.2) is 0 Å². The lowest BCUT2D eigenvalue weighted by molar-refractivity contribution is 0.0697. The van der Waals surface area contributed by atoms with Crippen LogP contribution in [0.1, 0.15) is 16.8 Å². The summed E-state index contributed by atoms with van der Waals surface area (Å²) in [5, 5.41) is 11.4. The monoisotopic (exact) mass is 295 g/mol. The van der Waals surface area contributed by atoms with Gasteiger partial charge >= 0.3 is 12.0 Å². The highest BCUT2D eigenvalue weighted by molar-refractivity contribution is 6.00. The molecule has 0 spiro atoms. The number of rotatable bonds is 2. The summed E-state index contributed by atoms with van der Waals surface area (Å²) < 4.78 is 13.8. The van der Waals surface area contributed by atoms with Gasteiger partial charge in [-0.25, -0.2) is 14.0 Å². The average molecular weight is 295 g/mol. The molecule has 1 aliphatic heterocycles. The van der Waals surface area contributed by atoms with E-state index in [4.69, 9.17) is 5.11 Å². The first kappa shape index (κ1) is 15.2. The van der Waals surface area contributed by atoms with Gasteiger partial charge in [0.2, 0.25) is 0 Å². The van der Waals surface area contributed by atoms with Gasteiger partial charge in [0.1, 0.15) is 5.82 Å². The molecule has 0 radical (unpaired) electrons. The van der Waals surface area contributed by atoms with E-state index in [1.165, 1.54) is 12.1 Å². The van der Waals surface area contributed by atoms with Crippen LogP contribution >= 0.6 is 0 Å². The van der Waals surface area contributed by atoms with Crippen LogP contribution in [0.4, 0.5) is 14.9 Å². The molecule has 0 saturated carbocycles. The molecule has 2 rings (SSSR count). The molecule has 6 nitrogen and oxygen atoms in total. The highest BCUT2D eigenvalue weighted by Gasteiger charge is 2.21. The van der Waals surface area contributed by atoms with Crippen molar-refractivity contribution in [1.82, 2.24) is 9.80 Å². The van der Waals surface area contributed by atoms with Crippen molar-refractivity contribution in [3.8, 4) is 0 Å². The quantitative estimate of drug-likeness (QED) is 0.871. The van der Waals surface area contributed by atoms with E-state index in [9.17, 15) is 14.0 Å². The Bertz CT molecular complexity index is 550. The predicted octanol–water partition coefficient (Wildman–Crippen LogP) is 1.69. The van der Waals surface area contributed by atoms with Crippen LogP contribution in [0.3, 0.4) is 0 Å². The van der Waals surface area contributed by atoms with Crippen LogP contribution in [0.5, 0.6) is 0 Å². The second-order valence-corrected chi connectivity index (χ2v) is 5.04. The number of amides is 2. The lowest BCUT2D eigenvalue weighted by Gasteiger charge is -2.21. The molecule has 1 heterocycles. The maximum absolute atomic E-state index is 13.8. The minimum absolute atomic E-state index is 0.254. The zero-order valence-electron chi connectivity index (χ0n) is 11.8. The predicted molar refractivity (Wildman–Crippen MR) is 76.1 cm³/mol. The van der Waals surface area contributed by atoms with Crippen molar-refractivity contribution in [2.24, 2.45) is 0 Å². The van der Waals surface area contributed by atoms with Crippen LogP contribution in [-0.2, 0) is 0 Å². The number of nitrogens with one attached hydrogen (secondary N) is 1. The summed E-state index contributed by atoms with van der Waals surface area (Å²) in [4.78, 5) is 27.0. The Hall–Kier alpha value is -2.15. The zero-order chi connectivity index (χ0) is 15.4. The van der Waals surface area contributed by atoms with Crippen molar-refractivity contribution in [1.29, 1.82) is 0 Å². The number of carbonyl (C=O) groups excluding carboxylic acids is 1. The van der Waals surface area contributed by atoms with E-state index in [-0.39, 0.29) is 11.3 Å². The Morgan fingerprint density at radius 2 is 2.00 bits per heavy atom. The number of carbonyl (C=O) groups is 2. The number of hydrogen-bond acceptors (Lipinski definition) is 3. The van der Waals surface area contributed by atoms with E-state index >= 15 is 0 Å². The summed E-state index contributed by atoms with van der Waals surface area (Å²) in [6, 6.07) is 3.21. The third-order valence-corrected chi connectivity index (χ3v) is 3.48. The largest absolute Gasteiger partial charge is 0.478 e. The Kier molecular flexibility index (Phi) is 4.74. The summed E-state index contributed by atoms with van der Waals surface area (Å²) >= 11 is 0. The number of benzene rings is 1. The van der Waals surface area contributed by atoms with E-state index in [1.807, 2.05) is 7.05 Å². The zero-order valence-corrected chi connectivity index (χ0v) is 11.8. The van der Waals surface area contributed by atoms with Gasteiger partial charge in [-0.15, -0.1) is 0 Å². The molecule has 0 unspecified atom stereocenters. The number of likely N-dealkylation sites (N-methyl/N-ethyl adjacent to an activating group) is 1. The summed E-state index contributed by atoms with van der Waals surface area (Å²) in [5.41, 5.74) is -0.539. The Labute approximate surface area is 122 Å². The van der Waals surface area contributed by atoms with Gasteiger partial charge in [-0.2, -0.15) is 0 Å². The van der Waals surface area contributed by atoms with Gasteiger partial charge < -0.3 is 20.2 Å². The van der Waals surface area contributed by atoms with Crippen LogP contribution in [0, 0.1) is 5.82 Å². The fourth-order valence-electron chi connectivity index (χ4n) is 2.26. The number of hydrogen-bond donors (Lipinski definition) is 2. The van der Waals surface area contributed by atoms with Crippen molar-refractivity contribution in [2.45, 2.75) is 6.42 Å². The molecule has 0 atom stereocenters. The Morgan fingerprint density at radius 3 is 2.71 bits per heavy atom. The standard InChI is InChI=1S/C14H18FN3O3/c1-17-6-3-7-18(9-8-17)14(21)16-12-10(13(19)20)4-2-5-11(12)15/h2,4-5H,3,6-9H2,1H3,(H,16,21)(H,19,20). The van der Waals surface area contributed by atoms with Crippen molar-refractivity contribution in [3.05, 3.63) is 29.6 Å². The maximum atomic E-state index is 13.8. The second-order valence-electron chi connectivity index (χ2n) is 5.04. The van der Waals surface area contributed by atoms with Crippen molar-refractivity contribution in [2.75, 3.05) is 38.5 Å². The number of halogens is 1. The fourth-order valence-corrected chi connectivity index (χ4v) is 2.26. The smallest absolute Gasteiger partial charge is 0.337 e.